The average Bonchev–Trinajstić information content (AvgIpc) is 2.04. The van der Waals surface area contributed by atoms with Gasteiger partial charge in [-0.3, -0.25) is 0 Å². The minimum absolute atomic E-state index is 0.167. The van der Waals surface area contributed by atoms with Crippen LogP contribution in [0.1, 0.15) is 13.3 Å². The van der Waals surface area contributed by atoms with E-state index in [1.165, 1.54) is 4.31 Å². The minimum Gasteiger partial charge on any atom is -0.377 e. The van der Waals surface area contributed by atoms with Gasteiger partial charge in [-0.2, -0.15) is 4.31 Å². The third-order valence-electron chi connectivity index (χ3n) is 1.93. The predicted molar refractivity (Wildman–Crippen MR) is 49.6 cm³/mol. The van der Waals surface area contributed by atoms with Gasteiger partial charge in [0.25, 0.3) is 0 Å². The molecule has 1 aliphatic rings. The standard InChI is InChI=1S/C7H16N2O3S/c1-2-5-13(10,11)9-3-4-12-6-7(9)8/h7H,2-6,8H2,1H3. The highest BCUT2D eigenvalue weighted by Crippen LogP contribution is 2.09. The molecule has 0 aromatic rings. The number of rotatable bonds is 3. The zero-order valence-corrected chi connectivity index (χ0v) is 8.59. The summed E-state index contributed by atoms with van der Waals surface area (Å²) in [6.07, 6.45) is 0.108. The summed E-state index contributed by atoms with van der Waals surface area (Å²) in [7, 11) is -3.15. The summed E-state index contributed by atoms with van der Waals surface area (Å²) in [4.78, 5) is 0. The average molecular weight is 208 g/mol. The molecule has 1 atom stereocenters. The first-order chi connectivity index (χ1) is 6.08. The largest absolute Gasteiger partial charge is 0.377 e. The van der Waals surface area contributed by atoms with Gasteiger partial charge >= 0.3 is 0 Å². The lowest BCUT2D eigenvalue weighted by Crippen LogP contribution is -2.53. The van der Waals surface area contributed by atoms with E-state index in [2.05, 4.69) is 0 Å². The lowest BCUT2D eigenvalue weighted by Gasteiger charge is -2.31. The Labute approximate surface area is 78.9 Å². The molecule has 0 aromatic heterocycles. The molecular weight excluding hydrogens is 192 g/mol. The van der Waals surface area contributed by atoms with E-state index < -0.39 is 16.2 Å². The van der Waals surface area contributed by atoms with Crippen LogP contribution >= 0.6 is 0 Å². The Kier molecular flexibility index (Phi) is 3.66. The van der Waals surface area contributed by atoms with E-state index in [4.69, 9.17) is 10.5 Å². The molecule has 0 aliphatic carbocycles. The zero-order chi connectivity index (χ0) is 9.90. The van der Waals surface area contributed by atoms with Crippen molar-refractivity contribution in [3.05, 3.63) is 0 Å². The maximum atomic E-state index is 11.6. The summed E-state index contributed by atoms with van der Waals surface area (Å²) in [5, 5.41) is 0. The molecule has 1 fully saturated rings. The van der Waals surface area contributed by atoms with E-state index in [9.17, 15) is 8.42 Å². The van der Waals surface area contributed by atoms with Gasteiger partial charge in [0.15, 0.2) is 0 Å². The Morgan fingerprint density at radius 1 is 1.62 bits per heavy atom. The molecule has 0 radical (unpaired) electrons. The number of ether oxygens (including phenoxy) is 1. The molecular formula is C7H16N2O3S. The normalized spacial score (nSPS) is 26.2. The summed E-state index contributed by atoms with van der Waals surface area (Å²) < 4.78 is 29.6. The van der Waals surface area contributed by atoms with Crippen LogP contribution in [0.3, 0.4) is 0 Å². The van der Waals surface area contributed by atoms with Crippen LogP contribution in [-0.4, -0.2) is 44.4 Å². The fourth-order valence-corrected chi connectivity index (χ4v) is 2.90. The fourth-order valence-electron chi connectivity index (χ4n) is 1.33. The summed E-state index contributed by atoms with van der Waals surface area (Å²) >= 11 is 0. The number of hydrogen-bond donors (Lipinski definition) is 1. The second kappa shape index (κ2) is 4.36. The first-order valence-corrected chi connectivity index (χ1v) is 6.01. The minimum atomic E-state index is -3.15. The highest BCUT2D eigenvalue weighted by molar-refractivity contribution is 7.89. The van der Waals surface area contributed by atoms with E-state index in [1.807, 2.05) is 6.92 Å². The molecule has 78 valence electrons. The van der Waals surface area contributed by atoms with Crippen LogP contribution < -0.4 is 5.73 Å². The van der Waals surface area contributed by atoms with Gasteiger partial charge in [-0.25, -0.2) is 8.42 Å². The van der Waals surface area contributed by atoms with E-state index >= 15 is 0 Å². The Hall–Kier alpha value is -0.170. The smallest absolute Gasteiger partial charge is 0.215 e. The lowest BCUT2D eigenvalue weighted by atomic mass is 10.4. The molecule has 0 amide bonds. The maximum absolute atomic E-state index is 11.6. The number of sulfonamides is 1. The Bertz CT molecular complexity index is 252. The number of hydrogen-bond acceptors (Lipinski definition) is 4. The van der Waals surface area contributed by atoms with Crippen molar-refractivity contribution in [3.63, 3.8) is 0 Å². The Morgan fingerprint density at radius 2 is 2.31 bits per heavy atom. The van der Waals surface area contributed by atoms with Gasteiger partial charge in [0, 0.05) is 6.54 Å². The van der Waals surface area contributed by atoms with E-state index in [0.717, 1.165) is 0 Å². The van der Waals surface area contributed by atoms with Crippen molar-refractivity contribution in [1.29, 1.82) is 0 Å². The maximum Gasteiger partial charge on any atom is 0.215 e. The van der Waals surface area contributed by atoms with Gasteiger partial charge in [-0.15, -0.1) is 0 Å². The second-order valence-corrected chi connectivity index (χ2v) is 5.11. The third-order valence-corrected chi connectivity index (χ3v) is 4.03. The molecule has 1 unspecified atom stereocenters. The van der Waals surface area contributed by atoms with Crippen molar-refractivity contribution >= 4 is 10.0 Å². The fraction of sp³-hybridized carbons (Fsp3) is 1.00. The van der Waals surface area contributed by atoms with Crippen molar-refractivity contribution < 1.29 is 13.2 Å². The zero-order valence-electron chi connectivity index (χ0n) is 7.77. The van der Waals surface area contributed by atoms with E-state index in [-0.39, 0.29) is 5.75 Å². The summed E-state index contributed by atoms with van der Waals surface area (Å²) in [5.74, 6) is 0.167. The topological polar surface area (TPSA) is 72.6 Å². The van der Waals surface area contributed by atoms with E-state index in [0.29, 0.717) is 26.2 Å². The first-order valence-electron chi connectivity index (χ1n) is 4.41. The highest BCUT2D eigenvalue weighted by Gasteiger charge is 2.29. The predicted octanol–water partition coefficient (Wildman–Crippen LogP) is -0.657. The van der Waals surface area contributed by atoms with E-state index in [1.54, 1.807) is 0 Å². The first kappa shape index (κ1) is 10.9. The second-order valence-electron chi connectivity index (χ2n) is 3.07. The molecule has 0 aromatic carbocycles. The van der Waals surface area contributed by atoms with Crippen LogP contribution in [0.4, 0.5) is 0 Å². The monoisotopic (exact) mass is 208 g/mol. The summed E-state index contributed by atoms with van der Waals surface area (Å²) in [6.45, 7) is 2.95. The van der Waals surface area contributed by atoms with Crippen LogP contribution in [0, 0.1) is 0 Å². The van der Waals surface area contributed by atoms with Crippen molar-refractivity contribution in [2.75, 3.05) is 25.5 Å². The van der Waals surface area contributed by atoms with Crippen LogP contribution in [0.5, 0.6) is 0 Å². The van der Waals surface area contributed by atoms with Gasteiger partial charge in [0.1, 0.15) is 0 Å². The molecule has 5 nitrogen and oxygen atoms in total. The summed E-state index contributed by atoms with van der Waals surface area (Å²) in [6, 6.07) is 0. The van der Waals surface area contributed by atoms with Crippen molar-refractivity contribution in [2.24, 2.45) is 5.73 Å². The molecule has 0 spiro atoms. The van der Waals surface area contributed by atoms with Gasteiger partial charge in [-0.05, 0) is 6.42 Å². The highest BCUT2D eigenvalue weighted by atomic mass is 32.2. The lowest BCUT2D eigenvalue weighted by molar-refractivity contribution is 0.0350. The molecule has 1 aliphatic heterocycles. The molecule has 2 N–H and O–H groups in total. The molecule has 0 saturated carbocycles. The van der Waals surface area contributed by atoms with Gasteiger partial charge < -0.3 is 10.5 Å². The quantitative estimate of drug-likeness (QED) is 0.668. The van der Waals surface area contributed by atoms with Crippen LogP contribution in [-0.2, 0) is 14.8 Å². The number of morpholine rings is 1. The Balaban J connectivity index is 2.68. The van der Waals surface area contributed by atoms with Crippen molar-refractivity contribution in [2.45, 2.75) is 19.5 Å². The molecule has 0 bridgehead atoms. The van der Waals surface area contributed by atoms with Crippen molar-refractivity contribution in [1.82, 2.24) is 4.31 Å². The third kappa shape index (κ3) is 2.63. The Morgan fingerprint density at radius 3 is 2.85 bits per heavy atom. The molecule has 1 heterocycles. The van der Waals surface area contributed by atoms with Crippen molar-refractivity contribution in [3.8, 4) is 0 Å². The molecule has 1 rings (SSSR count). The van der Waals surface area contributed by atoms with Gasteiger partial charge in [-0.1, -0.05) is 6.92 Å². The molecule has 1 saturated heterocycles. The van der Waals surface area contributed by atoms with Gasteiger partial charge in [0.05, 0.1) is 25.1 Å². The van der Waals surface area contributed by atoms with Crippen LogP contribution in [0.15, 0.2) is 0 Å². The SMILES string of the molecule is CCCS(=O)(=O)N1CCOCC1N. The molecule has 13 heavy (non-hydrogen) atoms. The van der Waals surface area contributed by atoms with Crippen LogP contribution in [0.2, 0.25) is 0 Å². The number of nitrogens with two attached hydrogens (primary N) is 1. The summed E-state index contributed by atoms with van der Waals surface area (Å²) in [5.41, 5.74) is 5.62. The van der Waals surface area contributed by atoms with Gasteiger partial charge in [0.2, 0.25) is 10.0 Å². The van der Waals surface area contributed by atoms with Crippen LogP contribution in [0.25, 0.3) is 0 Å². The molecule has 6 heteroatoms. The number of nitrogens with zero attached hydrogens (tertiary/aromatic N) is 1.